The number of piperidine rings is 1. The van der Waals surface area contributed by atoms with Crippen LogP contribution in [0.25, 0.3) is 0 Å². The number of anilines is 1. The Kier molecular flexibility index (Phi) is 7.16. The van der Waals surface area contributed by atoms with Gasteiger partial charge in [0.25, 0.3) is 0 Å². The number of ether oxygens (including phenoxy) is 1. The van der Waals surface area contributed by atoms with Gasteiger partial charge in [0, 0.05) is 50.0 Å². The molecule has 9 heteroatoms. The molecule has 178 valence electrons. The average molecular weight is 492 g/mol. The van der Waals surface area contributed by atoms with Crippen LogP contribution in [0.1, 0.15) is 18.4 Å². The number of hydrogen-bond acceptors (Lipinski definition) is 5. The van der Waals surface area contributed by atoms with Crippen LogP contribution in [0.5, 0.6) is 5.75 Å². The smallest absolute Gasteiger partial charge is 0.243 e. The van der Waals surface area contributed by atoms with Gasteiger partial charge in [-0.15, -0.1) is 0 Å². The van der Waals surface area contributed by atoms with E-state index in [1.807, 2.05) is 23.1 Å². The fourth-order valence-electron chi connectivity index (χ4n) is 4.61. The van der Waals surface area contributed by atoms with E-state index in [1.165, 1.54) is 4.31 Å². The quantitative estimate of drug-likeness (QED) is 0.641. The molecule has 0 aromatic heterocycles. The molecule has 0 spiro atoms. The van der Waals surface area contributed by atoms with Crippen LogP contribution in [0.4, 0.5) is 5.69 Å². The van der Waals surface area contributed by atoms with Crippen molar-refractivity contribution in [3.05, 3.63) is 53.1 Å². The van der Waals surface area contributed by atoms with Crippen molar-refractivity contribution in [3.63, 3.8) is 0 Å². The van der Waals surface area contributed by atoms with Crippen LogP contribution in [0.15, 0.2) is 47.4 Å². The van der Waals surface area contributed by atoms with Gasteiger partial charge in [0.2, 0.25) is 15.9 Å². The maximum absolute atomic E-state index is 13.3. The van der Waals surface area contributed by atoms with Crippen molar-refractivity contribution in [1.29, 1.82) is 0 Å². The van der Waals surface area contributed by atoms with Gasteiger partial charge in [-0.25, -0.2) is 8.42 Å². The SMILES string of the molecule is COc1ccc(S(=O)(=O)N2CCC[C@@H](C(=O)N3CCN(c4cc(Cl)ccc4C)CC3)C2)cc1. The zero-order chi connectivity index (χ0) is 23.6. The number of piperazine rings is 1. The Morgan fingerprint density at radius 2 is 1.73 bits per heavy atom. The first-order chi connectivity index (χ1) is 15.8. The first kappa shape index (κ1) is 23.9. The highest BCUT2D eigenvalue weighted by molar-refractivity contribution is 7.89. The third kappa shape index (κ3) is 5.13. The molecule has 2 aromatic carbocycles. The Morgan fingerprint density at radius 3 is 2.39 bits per heavy atom. The number of aryl methyl sites for hydroxylation is 1. The standard InChI is InChI=1S/C24H30ClN3O4S/c1-18-5-6-20(25)16-23(18)26-12-14-27(15-13-26)24(29)19-4-3-11-28(17-19)33(30,31)22-9-7-21(32-2)8-10-22/h5-10,16,19H,3-4,11-15,17H2,1-2H3/t19-/m1/s1. The fraction of sp³-hybridized carbons (Fsp3) is 0.458. The van der Waals surface area contributed by atoms with E-state index in [0.717, 1.165) is 24.3 Å². The van der Waals surface area contributed by atoms with Crippen molar-refractivity contribution in [3.8, 4) is 5.75 Å². The second kappa shape index (κ2) is 9.91. The second-order valence-electron chi connectivity index (χ2n) is 8.62. The van der Waals surface area contributed by atoms with E-state index in [2.05, 4.69) is 11.8 Å². The highest BCUT2D eigenvalue weighted by Gasteiger charge is 2.36. The number of carbonyl (C=O) groups is 1. The third-order valence-corrected chi connectivity index (χ3v) is 8.65. The highest BCUT2D eigenvalue weighted by atomic mass is 35.5. The van der Waals surface area contributed by atoms with Crippen LogP contribution in [-0.2, 0) is 14.8 Å². The summed E-state index contributed by atoms with van der Waals surface area (Å²) < 4.78 is 32.8. The third-order valence-electron chi connectivity index (χ3n) is 6.53. The lowest BCUT2D eigenvalue weighted by atomic mass is 9.97. The van der Waals surface area contributed by atoms with Crippen molar-refractivity contribution < 1.29 is 17.9 Å². The lowest BCUT2D eigenvalue weighted by Crippen LogP contribution is -2.53. The normalized spacial score (nSPS) is 20.0. The molecule has 4 rings (SSSR count). The van der Waals surface area contributed by atoms with E-state index in [4.69, 9.17) is 16.3 Å². The van der Waals surface area contributed by atoms with Crippen LogP contribution in [0.3, 0.4) is 0 Å². The van der Waals surface area contributed by atoms with Crippen molar-refractivity contribution >= 4 is 33.2 Å². The molecule has 2 aliphatic rings. The molecule has 0 N–H and O–H groups in total. The number of halogens is 1. The summed E-state index contributed by atoms with van der Waals surface area (Å²) in [6.07, 6.45) is 1.38. The molecule has 7 nitrogen and oxygen atoms in total. The summed E-state index contributed by atoms with van der Waals surface area (Å²) in [5.41, 5.74) is 2.26. The average Bonchev–Trinajstić information content (AvgIpc) is 2.85. The minimum atomic E-state index is -3.65. The Morgan fingerprint density at radius 1 is 1.03 bits per heavy atom. The van der Waals surface area contributed by atoms with Gasteiger partial charge in [0.15, 0.2) is 0 Å². The van der Waals surface area contributed by atoms with Gasteiger partial charge < -0.3 is 14.5 Å². The highest BCUT2D eigenvalue weighted by Crippen LogP contribution is 2.28. The molecular weight excluding hydrogens is 462 g/mol. The van der Waals surface area contributed by atoms with Crippen molar-refractivity contribution in [2.75, 3.05) is 51.3 Å². The summed E-state index contributed by atoms with van der Waals surface area (Å²) in [7, 11) is -2.11. The Balaban J connectivity index is 1.39. The Bertz CT molecular complexity index is 1100. The summed E-state index contributed by atoms with van der Waals surface area (Å²) in [5.74, 6) is 0.339. The lowest BCUT2D eigenvalue weighted by Gasteiger charge is -2.40. The topological polar surface area (TPSA) is 70.2 Å². The van der Waals surface area contributed by atoms with Crippen molar-refractivity contribution in [2.24, 2.45) is 5.92 Å². The minimum Gasteiger partial charge on any atom is -0.497 e. The summed E-state index contributed by atoms with van der Waals surface area (Å²) in [4.78, 5) is 17.6. The summed E-state index contributed by atoms with van der Waals surface area (Å²) in [6, 6.07) is 12.2. The van der Waals surface area contributed by atoms with E-state index in [0.29, 0.717) is 43.2 Å². The molecule has 2 fully saturated rings. The number of methoxy groups -OCH3 is 1. The van der Waals surface area contributed by atoms with Crippen LogP contribution in [0, 0.1) is 12.8 Å². The number of hydrogen-bond donors (Lipinski definition) is 0. The molecule has 1 amide bonds. The molecule has 1 atom stereocenters. The number of carbonyl (C=O) groups excluding carboxylic acids is 1. The molecule has 0 bridgehead atoms. The molecule has 2 aromatic rings. The first-order valence-electron chi connectivity index (χ1n) is 11.2. The van der Waals surface area contributed by atoms with Crippen molar-refractivity contribution in [1.82, 2.24) is 9.21 Å². The number of rotatable bonds is 5. The zero-order valence-electron chi connectivity index (χ0n) is 19.0. The van der Waals surface area contributed by atoms with Crippen LogP contribution in [0.2, 0.25) is 5.02 Å². The molecule has 0 unspecified atom stereocenters. The van der Waals surface area contributed by atoms with Crippen LogP contribution >= 0.6 is 11.6 Å². The number of sulfonamides is 1. The van der Waals surface area contributed by atoms with E-state index < -0.39 is 10.0 Å². The Labute approximate surface area is 200 Å². The number of benzene rings is 2. The molecule has 0 radical (unpaired) electrons. The van der Waals surface area contributed by atoms with E-state index in [1.54, 1.807) is 31.4 Å². The molecule has 0 saturated carbocycles. The van der Waals surface area contributed by atoms with Gasteiger partial charge >= 0.3 is 0 Å². The maximum atomic E-state index is 13.3. The lowest BCUT2D eigenvalue weighted by molar-refractivity contribution is -0.137. The summed E-state index contributed by atoms with van der Waals surface area (Å²) in [6.45, 7) is 5.41. The van der Waals surface area contributed by atoms with Gasteiger partial charge in [-0.1, -0.05) is 17.7 Å². The predicted molar refractivity (Wildman–Crippen MR) is 129 cm³/mol. The molecule has 2 aliphatic heterocycles. The Hall–Kier alpha value is -2.29. The van der Waals surface area contributed by atoms with Gasteiger partial charge in [-0.05, 0) is 61.7 Å². The largest absolute Gasteiger partial charge is 0.497 e. The summed E-state index contributed by atoms with van der Waals surface area (Å²) in [5, 5.41) is 0.703. The molecule has 33 heavy (non-hydrogen) atoms. The molecular formula is C24H30ClN3O4S. The zero-order valence-corrected chi connectivity index (χ0v) is 20.6. The monoisotopic (exact) mass is 491 g/mol. The van der Waals surface area contributed by atoms with E-state index >= 15 is 0 Å². The van der Waals surface area contributed by atoms with Gasteiger partial charge in [0.1, 0.15) is 5.75 Å². The number of amides is 1. The first-order valence-corrected chi connectivity index (χ1v) is 13.1. The van der Waals surface area contributed by atoms with Gasteiger partial charge in [-0.3, -0.25) is 4.79 Å². The summed E-state index contributed by atoms with van der Waals surface area (Å²) >= 11 is 6.18. The maximum Gasteiger partial charge on any atom is 0.243 e. The van der Waals surface area contributed by atoms with Crippen LogP contribution < -0.4 is 9.64 Å². The van der Waals surface area contributed by atoms with Gasteiger partial charge in [-0.2, -0.15) is 4.31 Å². The van der Waals surface area contributed by atoms with E-state index in [-0.39, 0.29) is 23.3 Å². The second-order valence-corrected chi connectivity index (χ2v) is 11.0. The molecule has 0 aliphatic carbocycles. The van der Waals surface area contributed by atoms with Crippen LogP contribution in [-0.4, -0.2) is 69.9 Å². The van der Waals surface area contributed by atoms with Gasteiger partial charge in [0.05, 0.1) is 17.9 Å². The van der Waals surface area contributed by atoms with E-state index in [9.17, 15) is 13.2 Å². The number of nitrogens with zero attached hydrogens (tertiary/aromatic N) is 3. The predicted octanol–water partition coefficient (Wildman–Crippen LogP) is 3.41. The molecule has 2 saturated heterocycles. The fourth-order valence-corrected chi connectivity index (χ4v) is 6.30. The minimum absolute atomic E-state index is 0.0482. The van der Waals surface area contributed by atoms with Crippen molar-refractivity contribution in [2.45, 2.75) is 24.7 Å². The molecule has 2 heterocycles.